The van der Waals surface area contributed by atoms with Crippen LogP contribution >= 0.6 is 0 Å². The second kappa shape index (κ2) is 5.48. The molecule has 0 aliphatic rings. The third kappa shape index (κ3) is 2.57. The van der Waals surface area contributed by atoms with Gasteiger partial charge in [-0.3, -0.25) is 4.79 Å². The van der Waals surface area contributed by atoms with Crippen molar-refractivity contribution in [2.24, 2.45) is 0 Å². The fourth-order valence-corrected chi connectivity index (χ4v) is 2.67. The summed E-state index contributed by atoms with van der Waals surface area (Å²) in [6.07, 6.45) is 2.06. The number of amides is 1. The van der Waals surface area contributed by atoms with E-state index >= 15 is 0 Å². The van der Waals surface area contributed by atoms with Crippen LogP contribution in [0.1, 0.15) is 6.92 Å². The molecule has 0 radical (unpaired) electrons. The van der Waals surface area contributed by atoms with Gasteiger partial charge in [-0.2, -0.15) is 0 Å². The lowest BCUT2D eigenvalue weighted by Gasteiger charge is -2.09. The van der Waals surface area contributed by atoms with Gasteiger partial charge in [0.2, 0.25) is 5.91 Å². The van der Waals surface area contributed by atoms with Crippen molar-refractivity contribution in [3.63, 3.8) is 0 Å². The minimum Gasteiger partial charge on any atom is -0.497 e. The largest absolute Gasteiger partial charge is 0.497 e. The van der Waals surface area contributed by atoms with E-state index < -0.39 is 0 Å². The molecule has 0 unspecified atom stereocenters. The summed E-state index contributed by atoms with van der Waals surface area (Å²) < 4.78 is 7.51. The maximum absolute atomic E-state index is 11.0. The van der Waals surface area contributed by atoms with Crippen LogP contribution in [-0.2, 0) is 11.3 Å². The van der Waals surface area contributed by atoms with Crippen LogP contribution in [0, 0.1) is 0 Å². The third-order valence-electron chi connectivity index (χ3n) is 3.68. The molecule has 4 nitrogen and oxygen atoms in total. The van der Waals surface area contributed by atoms with Gasteiger partial charge in [0.05, 0.1) is 12.6 Å². The monoisotopic (exact) mass is 282 g/mol. The number of carbonyl (C=O) groups excluding carboxylic acids is 1. The first kappa shape index (κ1) is 13.5. The quantitative estimate of drug-likeness (QED) is 0.799. The Balaban J connectivity index is 2.08. The molecule has 0 aliphatic carbocycles. The molecule has 1 amide bonds. The molecule has 1 heterocycles. The van der Waals surface area contributed by atoms with Gasteiger partial charge in [-0.15, -0.1) is 0 Å². The summed E-state index contributed by atoms with van der Waals surface area (Å²) in [6, 6.07) is 12.4. The van der Waals surface area contributed by atoms with E-state index in [1.165, 1.54) is 28.6 Å². The third-order valence-corrected chi connectivity index (χ3v) is 3.68. The Bertz CT molecular complexity index is 805. The van der Waals surface area contributed by atoms with Gasteiger partial charge < -0.3 is 14.6 Å². The Morgan fingerprint density at radius 1 is 1.19 bits per heavy atom. The first-order chi connectivity index (χ1) is 10.2. The van der Waals surface area contributed by atoms with Crippen molar-refractivity contribution in [2.75, 3.05) is 13.7 Å². The molecular formula is C17H18N2O2. The lowest BCUT2D eigenvalue weighted by atomic mass is 10.1. The van der Waals surface area contributed by atoms with E-state index in [1.807, 2.05) is 6.07 Å². The van der Waals surface area contributed by atoms with Gasteiger partial charge in [-0.25, -0.2) is 0 Å². The van der Waals surface area contributed by atoms with E-state index in [-0.39, 0.29) is 5.91 Å². The Hall–Kier alpha value is -2.49. The standard InChI is InChI=1S/C17H18N2O2/c1-12(20)18-8-10-19-9-7-14-4-3-13-5-6-15(21-2)11-16(13)17(14)19/h3-7,9,11H,8,10H2,1-2H3,(H,18,20). The van der Waals surface area contributed by atoms with Crippen molar-refractivity contribution in [2.45, 2.75) is 13.5 Å². The number of rotatable bonds is 4. The summed E-state index contributed by atoms with van der Waals surface area (Å²) in [7, 11) is 1.68. The van der Waals surface area contributed by atoms with Crippen LogP contribution in [0.5, 0.6) is 5.75 Å². The summed E-state index contributed by atoms with van der Waals surface area (Å²) >= 11 is 0. The van der Waals surface area contributed by atoms with Crippen molar-refractivity contribution in [1.82, 2.24) is 9.88 Å². The molecular weight excluding hydrogens is 264 g/mol. The highest BCUT2D eigenvalue weighted by Gasteiger charge is 2.07. The van der Waals surface area contributed by atoms with Gasteiger partial charge in [0.15, 0.2) is 0 Å². The maximum atomic E-state index is 11.0. The zero-order chi connectivity index (χ0) is 14.8. The lowest BCUT2D eigenvalue weighted by molar-refractivity contribution is -0.118. The Morgan fingerprint density at radius 2 is 1.95 bits per heavy atom. The summed E-state index contributed by atoms with van der Waals surface area (Å²) in [4.78, 5) is 11.0. The van der Waals surface area contributed by atoms with Crippen LogP contribution in [0.3, 0.4) is 0 Å². The van der Waals surface area contributed by atoms with E-state index in [1.54, 1.807) is 7.11 Å². The van der Waals surface area contributed by atoms with Crippen LogP contribution < -0.4 is 10.1 Å². The zero-order valence-corrected chi connectivity index (χ0v) is 12.2. The normalized spacial score (nSPS) is 11.0. The van der Waals surface area contributed by atoms with E-state index in [4.69, 9.17) is 4.74 Å². The SMILES string of the molecule is COc1ccc2ccc3ccn(CCNC(C)=O)c3c2c1. The fourth-order valence-electron chi connectivity index (χ4n) is 2.67. The van der Waals surface area contributed by atoms with Crippen molar-refractivity contribution in [3.05, 3.63) is 42.6 Å². The number of hydrogen-bond donors (Lipinski definition) is 1. The van der Waals surface area contributed by atoms with Crippen LogP contribution in [0.2, 0.25) is 0 Å². The number of hydrogen-bond acceptors (Lipinski definition) is 2. The molecule has 3 aromatic rings. The maximum Gasteiger partial charge on any atom is 0.216 e. The molecule has 0 spiro atoms. The van der Waals surface area contributed by atoms with Crippen molar-refractivity contribution < 1.29 is 9.53 Å². The summed E-state index contributed by atoms with van der Waals surface area (Å²) in [5.41, 5.74) is 1.18. The molecule has 3 rings (SSSR count). The minimum atomic E-state index is -0.00186. The minimum absolute atomic E-state index is 0.00186. The second-order valence-electron chi connectivity index (χ2n) is 5.08. The number of fused-ring (bicyclic) bond motifs is 3. The summed E-state index contributed by atoms with van der Waals surface area (Å²) in [5, 5.41) is 6.38. The molecule has 1 N–H and O–H groups in total. The number of aromatic nitrogens is 1. The molecule has 0 saturated carbocycles. The number of ether oxygens (including phenoxy) is 1. The zero-order valence-electron chi connectivity index (χ0n) is 12.2. The Morgan fingerprint density at radius 3 is 2.71 bits per heavy atom. The van der Waals surface area contributed by atoms with Gasteiger partial charge in [0.25, 0.3) is 0 Å². The van der Waals surface area contributed by atoms with Gasteiger partial charge in [0.1, 0.15) is 5.75 Å². The van der Waals surface area contributed by atoms with Gasteiger partial charge >= 0.3 is 0 Å². The number of nitrogens with one attached hydrogen (secondary N) is 1. The van der Waals surface area contributed by atoms with E-state index in [0.29, 0.717) is 6.54 Å². The van der Waals surface area contributed by atoms with Crippen LogP contribution in [0.4, 0.5) is 0 Å². The molecule has 2 aromatic carbocycles. The summed E-state index contributed by atoms with van der Waals surface area (Å²) in [6.45, 7) is 2.91. The van der Waals surface area contributed by atoms with Crippen molar-refractivity contribution in [1.29, 1.82) is 0 Å². The van der Waals surface area contributed by atoms with Crippen LogP contribution in [0.25, 0.3) is 21.7 Å². The summed E-state index contributed by atoms with van der Waals surface area (Å²) in [5.74, 6) is 0.850. The number of carbonyl (C=O) groups is 1. The smallest absolute Gasteiger partial charge is 0.216 e. The van der Waals surface area contributed by atoms with Gasteiger partial charge in [-0.05, 0) is 23.6 Å². The van der Waals surface area contributed by atoms with Gasteiger partial charge in [-0.1, -0.05) is 18.2 Å². The van der Waals surface area contributed by atoms with Gasteiger partial charge in [0, 0.05) is 37.0 Å². The van der Waals surface area contributed by atoms with E-state index in [9.17, 15) is 4.79 Å². The fraction of sp³-hybridized carbons (Fsp3) is 0.235. The van der Waals surface area contributed by atoms with E-state index in [2.05, 4.69) is 46.4 Å². The predicted octanol–water partition coefficient (Wildman–Crippen LogP) is 2.94. The van der Waals surface area contributed by atoms with Crippen LogP contribution in [0.15, 0.2) is 42.6 Å². The molecule has 1 aromatic heterocycles. The highest BCUT2D eigenvalue weighted by molar-refractivity contribution is 6.06. The molecule has 0 fully saturated rings. The molecule has 0 bridgehead atoms. The molecule has 0 aliphatic heterocycles. The van der Waals surface area contributed by atoms with Crippen molar-refractivity contribution in [3.8, 4) is 5.75 Å². The average molecular weight is 282 g/mol. The highest BCUT2D eigenvalue weighted by Crippen LogP contribution is 2.29. The molecule has 4 heteroatoms. The molecule has 0 atom stereocenters. The predicted molar refractivity (Wildman–Crippen MR) is 84.7 cm³/mol. The number of nitrogens with zero attached hydrogens (tertiary/aromatic N) is 1. The topological polar surface area (TPSA) is 43.3 Å². The molecule has 108 valence electrons. The highest BCUT2D eigenvalue weighted by atomic mass is 16.5. The lowest BCUT2D eigenvalue weighted by Crippen LogP contribution is -2.24. The van der Waals surface area contributed by atoms with Crippen LogP contribution in [-0.4, -0.2) is 24.1 Å². The number of methoxy groups -OCH3 is 1. The first-order valence-corrected chi connectivity index (χ1v) is 6.99. The van der Waals surface area contributed by atoms with Crippen molar-refractivity contribution >= 4 is 27.6 Å². The number of benzene rings is 2. The molecule has 21 heavy (non-hydrogen) atoms. The molecule has 0 saturated heterocycles. The Kier molecular flexibility index (Phi) is 3.52. The second-order valence-corrected chi connectivity index (χ2v) is 5.08. The first-order valence-electron chi connectivity index (χ1n) is 6.99. The Labute approximate surface area is 123 Å². The average Bonchev–Trinajstić information content (AvgIpc) is 2.90. The van der Waals surface area contributed by atoms with E-state index in [0.717, 1.165) is 12.3 Å².